The number of aromatic amines is 1. The second kappa shape index (κ2) is 4.75. The molecule has 0 fully saturated rings. The summed E-state index contributed by atoms with van der Waals surface area (Å²) >= 11 is 0. The van der Waals surface area contributed by atoms with E-state index in [0.717, 1.165) is 17.5 Å². The Hall–Kier alpha value is -2.03. The minimum absolute atomic E-state index is 0.0544. The summed E-state index contributed by atoms with van der Waals surface area (Å²) in [6.07, 6.45) is 1.14. The van der Waals surface area contributed by atoms with Crippen LogP contribution in [-0.4, -0.2) is 34.8 Å². The molecule has 0 atom stereocenters. The number of aryl methyl sites for hydroxylation is 1. The second-order valence-electron chi connectivity index (χ2n) is 7.53. The number of aromatic nitrogens is 4. The zero-order chi connectivity index (χ0) is 17.9. The van der Waals surface area contributed by atoms with Crippen molar-refractivity contribution in [1.29, 1.82) is 0 Å². The van der Waals surface area contributed by atoms with E-state index in [1.54, 1.807) is 16.6 Å². The normalized spacial score (nSPS) is 14.7. The predicted molar refractivity (Wildman–Crippen MR) is 95.4 cm³/mol. The summed E-state index contributed by atoms with van der Waals surface area (Å²) in [7, 11) is -4.33. The Kier molecular flexibility index (Phi) is 3.33. The highest BCUT2D eigenvalue weighted by atomic mass is 32.3. The maximum absolute atomic E-state index is 12.3. The van der Waals surface area contributed by atoms with E-state index in [0.29, 0.717) is 17.0 Å². The Morgan fingerprint density at radius 1 is 1.21 bits per heavy atom. The first-order valence-electron chi connectivity index (χ1n) is 7.57. The minimum atomic E-state index is -4.33. The standard InChI is InChI=1S/C16H23N5O2S/c1-10-6-11(8-12(7-10)24(5,17,22)23)15-19-18-14-9-13(16(2,3)4)20-21(14)15/h6-9,20H,1-5H3,(H3,17,22,23). The van der Waals surface area contributed by atoms with Gasteiger partial charge in [-0.25, -0.2) is 9.65 Å². The molecule has 0 saturated heterocycles. The third kappa shape index (κ3) is 3.00. The smallest absolute Gasteiger partial charge is 0.183 e. The van der Waals surface area contributed by atoms with Crippen LogP contribution in [0.15, 0.2) is 29.2 Å². The van der Waals surface area contributed by atoms with Crippen molar-refractivity contribution < 1.29 is 8.76 Å². The van der Waals surface area contributed by atoms with E-state index >= 15 is 0 Å². The van der Waals surface area contributed by atoms with E-state index in [4.69, 9.17) is 5.14 Å². The van der Waals surface area contributed by atoms with E-state index in [2.05, 4.69) is 36.1 Å². The summed E-state index contributed by atoms with van der Waals surface area (Å²) in [5, 5.41) is 17.3. The highest BCUT2D eigenvalue weighted by molar-refractivity contribution is 8.12. The third-order valence-corrected chi connectivity index (χ3v) is 5.27. The van der Waals surface area contributed by atoms with E-state index < -0.39 is 9.53 Å². The average Bonchev–Trinajstić information content (AvgIpc) is 2.94. The zero-order valence-corrected chi connectivity index (χ0v) is 15.3. The Balaban J connectivity index is 2.21. The summed E-state index contributed by atoms with van der Waals surface area (Å²) in [5.74, 6) is 0.571. The zero-order valence-electron chi connectivity index (χ0n) is 14.5. The molecular formula is C16H23N5O2S. The molecule has 0 aliphatic carbocycles. The Bertz CT molecular complexity index is 992. The van der Waals surface area contributed by atoms with Crippen molar-refractivity contribution in [2.75, 3.05) is 6.26 Å². The van der Waals surface area contributed by atoms with Crippen molar-refractivity contribution in [2.24, 2.45) is 5.14 Å². The van der Waals surface area contributed by atoms with Crippen LogP contribution in [0, 0.1) is 6.92 Å². The van der Waals surface area contributed by atoms with Gasteiger partial charge in [0.15, 0.2) is 11.5 Å². The maximum Gasteiger partial charge on any atom is 0.183 e. The molecule has 8 heteroatoms. The van der Waals surface area contributed by atoms with Gasteiger partial charge in [-0.15, -0.1) is 19.7 Å². The lowest BCUT2D eigenvalue weighted by atomic mass is 9.93. The Labute approximate surface area is 140 Å². The first kappa shape index (κ1) is 16.8. The van der Waals surface area contributed by atoms with Gasteiger partial charge in [-0.2, -0.15) is 4.21 Å². The molecule has 7 nitrogen and oxygen atoms in total. The molecule has 0 amide bonds. The van der Waals surface area contributed by atoms with Crippen molar-refractivity contribution >= 4 is 15.2 Å². The second-order valence-corrected chi connectivity index (χ2v) is 10.7. The SMILES string of the molecule is Cc1cc(-c2nnc3cc(C(C)(C)C)[nH]n23)cc(S(C)(N)(=O)O)c1. The van der Waals surface area contributed by atoms with Crippen molar-refractivity contribution in [3.05, 3.63) is 35.5 Å². The van der Waals surface area contributed by atoms with Crippen LogP contribution in [0.25, 0.3) is 17.0 Å². The van der Waals surface area contributed by atoms with Crippen LogP contribution in [0.2, 0.25) is 0 Å². The number of nitrogens with two attached hydrogens (primary N) is 1. The molecule has 0 bridgehead atoms. The van der Waals surface area contributed by atoms with Gasteiger partial charge in [-0.1, -0.05) is 20.8 Å². The number of nitrogens with one attached hydrogen (secondary N) is 1. The number of hydrogen-bond donors (Lipinski definition) is 3. The van der Waals surface area contributed by atoms with E-state index in [1.807, 2.05) is 19.1 Å². The molecule has 2 aromatic heterocycles. The van der Waals surface area contributed by atoms with Crippen molar-refractivity contribution in [3.63, 3.8) is 0 Å². The molecule has 0 radical (unpaired) electrons. The summed E-state index contributed by atoms with van der Waals surface area (Å²) in [6.45, 7) is 8.16. The largest absolute Gasteiger partial charge is 0.294 e. The molecule has 3 aromatic rings. The molecular weight excluding hydrogens is 326 g/mol. The molecule has 0 aliphatic rings. The Morgan fingerprint density at radius 2 is 1.88 bits per heavy atom. The number of hydrogen-bond acceptors (Lipinski definition) is 3. The molecule has 1 aromatic carbocycles. The molecule has 130 valence electrons. The summed E-state index contributed by atoms with van der Waals surface area (Å²) in [4.78, 5) is 0.182. The summed E-state index contributed by atoms with van der Waals surface area (Å²) < 4.78 is 24.2. The van der Waals surface area contributed by atoms with Crippen molar-refractivity contribution in [3.8, 4) is 11.4 Å². The number of H-pyrrole nitrogens is 1. The first-order valence-corrected chi connectivity index (χ1v) is 9.97. The first-order chi connectivity index (χ1) is 10.8. The van der Waals surface area contributed by atoms with Gasteiger partial charge in [0.25, 0.3) is 0 Å². The van der Waals surface area contributed by atoms with Crippen LogP contribution in [0.4, 0.5) is 0 Å². The molecule has 4 N–H and O–H groups in total. The molecule has 3 rings (SSSR count). The minimum Gasteiger partial charge on any atom is -0.294 e. The van der Waals surface area contributed by atoms with Gasteiger partial charge in [0.1, 0.15) is 0 Å². The van der Waals surface area contributed by atoms with Gasteiger partial charge in [0.05, 0.1) is 4.90 Å². The fraction of sp³-hybridized carbons (Fsp3) is 0.375. The number of fused-ring (bicyclic) bond motifs is 1. The van der Waals surface area contributed by atoms with Gasteiger partial charge in [-0.3, -0.25) is 9.65 Å². The summed E-state index contributed by atoms with van der Waals surface area (Å²) in [6, 6.07) is 7.05. The number of nitrogens with zero attached hydrogens (tertiary/aromatic N) is 3. The van der Waals surface area contributed by atoms with Gasteiger partial charge >= 0.3 is 0 Å². The predicted octanol–water partition coefficient (Wildman–Crippen LogP) is 2.49. The number of benzene rings is 1. The average molecular weight is 349 g/mol. The molecule has 0 saturated carbocycles. The fourth-order valence-corrected chi connectivity index (χ4v) is 3.40. The molecule has 0 unspecified atom stereocenters. The van der Waals surface area contributed by atoms with Gasteiger partial charge in [-0.05, 0) is 30.7 Å². The van der Waals surface area contributed by atoms with Crippen LogP contribution in [-0.2, 0) is 14.9 Å². The topological polar surface area (TPSA) is 109 Å². The highest BCUT2D eigenvalue weighted by Crippen LogP contribution is 2.30. The van der Waals surface area contributed by atoms with E-state index in [-0.39, 0.29) is 10.3 Å². The van der Waals surface area contributed by atoms with E-state index in [9.17, 15) is 8.76 Å². The summed E-state index contributed by atoms with van der Waals surface area (Å²) in [5.41, 5.74) is 3.17. The quantitative estimate of drug-likeness (QED) is 0.660. The lowest BCUT2D eigenvalue weighted by Gasteiger charge is -2.34. The highest BCUT2D eigenvalue weighted by Gasteiger charge is 2.22. The molecule has 24 heavy (non-hydrogen) atoms. The molecule has 0 spiro atoms. The lowest BCUT2D eigenvalue weighted by Crippen LogP contribution is -2.40. The van der Waals surface area contributed by atoms with Crippen LogP contribution >= 0.6 is 0 Å². The van der Waals surface area contributed by atoms with Crippen LogP contribution < -0.4 is 5.14 Å². The van der Waals surface area contributed by atoms with Crippen molar-refractivity contribution in [2.45, 2.75) is 38.0 Å². The fourth-order valence-electron chi connectivity index (χ4n) is 2.52. The van der Waals surface area contributed by atoms with Crippen LogP contribution in [0.3, 0.4) is 0 Å². The van der Waals surface area contributed by atoms with Gasteiger partial charge in [0.2, 0.25) is 0 Å². The maximum atomic E-state index is 12.3. The molecule has 2 heterocycles. The lowest BCUT2D eigenvalue weighted by molar-refractivity contribution is 0.520. The third-order valence-electron chi connectivity index (χ3n) is 3.88. The molecule has 0 aliphatic heterocycles. The number of rotatable bonds is 2. The monoisotopic (exact) mass is 349 g/mol. The van der Waals surface area contributed by atoms with Gasteiger partial charge in [0, 0.05) is 29.0 Å². The van der Waals surface area contributed by atoms with Crippen LogP contribution in [0.1, 0.15) is 32.0 Å². The Morgan fingerprint density at radius 3 is 2.46 bits per heavy atom. The van der Waals surface area contributed by atoms with E-state index in [1.165, 1.54) is 0 Å². The van der Waals surface area contributed by atoms with Crippen LogP contribution in [0.5, 0.6) is 0 Å². The van der Waals surface area contributed by atoms with Gasteiger partial charge < -0.3 is 0 Å². The van der Waals surface area contributed by atoms with Crippen molar-refractivity contribution in [1.82, 2.24) is 19.8 Å².